The van der Waals surface area contributed by atoms with Gasteiger partial charge in [0.15, 0.2) is 23.0 Å². The lowest BCUT2D eigenvalue weighted by molar-refractivity contribution is 0.173. The van der Waals surface area contributed by atoms with Gasteiger partial charge in [-0.1, -0.05) is 36.4 Å². The van der Waals surface area contributed by atoms with E-state index < -0.39 is 0 Å². The van der Waals surface area contributed by atoms with Gasteiger partial charge in [0.25, 0.3) is 0 Å². The first kappa shape index (κ1) is 15.4. The highest BCUT2D eigenvalue weighted by molar-refractivity contribution is 5.46. The fourth-order valence-electron chi connectivity index (χ4n) is 2.67. The van der Waals surface area contributed by atoms with Gasteiger partial charge in [-0.05, 0) is 48.9 Å². The van der Waals surface area contributed by atoms with Crippen molar-refractivity contribution in [2.45, 2.75) is 13.0 Å². The normalized spacial score (nSPS) is 13.3. The Hall–Kier alpha value is -3.14. The third kappa shape index (κ3) is 3.38. The van der Waals surface area contributed by atoms with E-state index >= 15 is 0 Å². The van der Waals surface area contributed by atoms with E-state index in [-0.39, 0.29) is 12.9 Å². The molecule has 0 saturated heterocycles. The van der Waals surface area contributed by atoms with Crippen molar-refractivity contribution in [1.82, 2.24) is 0 Å². The van der Waals surface area contributed by atoms with Gasteiger partial charge in [0, 0.05) is 0 Å². The number of hydrogen-bond acceptors (Lipinski definition) is 4. The van der Waals surface area contributed by atoms with Gasteiger partial charge in [0.1, 0.15) is 11.9 Å². The molecule has 1 heterocycles. The van der Waals surface area contributed by atoms with Crippen molar-refractivity contribution < 1.29 is 18.9 Å². The predicted octanol–water partition coefficient (Wildman–Crippen LogP) is 5.35. The van der Waals surface area contributed by atoms with E-state index in [1.165, 1.54) is 0 Å². The minimum absolute atomic E-state index is 0.157. The first-order valence-corrected chi connectivity index (χ1v) is 8.18. The summed E-state index contributed by atoms with van der Waals surface area (Å²) in [6, 6.07) is 23.2. The molecule has 1 unspecified atom stereocenters. The molecule has 0 aliphatic carbocycles. The molecule has 25 heavy (non-hydrogen) atoms. The molecule has 3 aromatic carbocycles. The topological polar surface area (TPSA) is 36.9 Å². The minimum Gasteiger partial charge on any atom is -0.482 e. The van der Waals surface area contributed by atoms with Crippen molar-refractivity contribution in [3.05, 3.63) is 78.4 Å². The van der Waals surface area contributed by atoms with Crippen molar-refractivity contribution >= 4 is 0 Å². The van der Waals surface area contributed by atoms with Crippen LogP contribution in [0.4, 0.5) is 0 Å². The summed E-state index contributed by atoms with van der Waals surface area (Å²) in [5.41, 5.74) is 1.01. The van der Waals surface area contributed by atoms with E-state index in [2.05, 4.69) is 0 Å². The molecule has 0 amide bonds. The van der Waals surface area contributed by atoms with E-state index in [0.29, 0.717) is 11.5 Å². The Labute approximate surface area is 146 Å². The monoisotopic (exact) mass is 334 g/mol. The summed E-state index contributed by atoms with van der Waals surface area (Å²) in [7, 11) is 0. The smallest absolute Gasteiger partial charge is 0.231 e. The van der Waals surface area contributed by atoms with Gasteiger partial charge in [-0.15, -0.1) is 0 Å². The van der Waals surface area contributed by atoms with Gasteiger partial charge < -0.3 is 18.9 Å². The maximum absolute atomic E-state index is 6.14. The lowest BCUT2D eigenvalue weighted by Crippen LogP contribution is -2.04. The highest BCUT2D eigenvalue weighted by Crippen LogP contribution is 2.37. The van der Waals surface area contributed by atoms with Crippen molar-refractivity contribution in [3.63, 3.8) is 0 Å². The molecule has 1 aliphatic heterocycles. The fourth-order valence-corrected chi connectivity index (χ4v) is 2.67. The summed E-state index contributed by atoms with van der Waals surface area (Å²) in [5.74, 6) is 3.66. The number of fused-ring (bicyclic) bond motifs is 1. The quantitative estimate of drug-likeness (QED) is 0.630. The number of rotatable bonds is 5. The predicted molar refractivity (Wildman–Crippen MR) is 94.6 cm³/mol. The molecule has 0 bridgehead atoms. The van der Waals surface area contributed by atoms with Crippen LogP contribution in [-0.2, 0) is 0 Å². The van der Waals surface area contributed by atoms with E-state index in [1.807, 2.05) is 79.7 Å². The van der Waals surface area contributed by atoms with Crippen LogP contribution >= 0.6 is 0 Å². The Kier molecular flexibility index (Phi) is 4.17. The molecule has 4 rings (SSSR count). The second-order valence-corrected chi connectivity index (χ2v) is 5.73. The molecule has 0 radical (unpaired) electrons. The van der Waals surface area contributed by atoms with Crippen LogP contribution in [0.25, 0.3) is 0 Å². The largest absolute Gasteiger partial charge is 0.482 e. The van der Waals surface area contributed by atoms with Crippen LogP contribution in [-0.4, -0.2) is 6.79 Å². The Morgan fingerprint density at radius 1 is 0.800 bits per heavy atom. The maximum Gasteiger partial charge on any atom is 0.231 e. The molecule has 1 atom stereocenters. The number of ether oxygens (including phenoxy) is 4. The van der Waals surface area contributed by atoms with E-state index in [0.717, 1.165) is 22.8 Å². The molecule has 126 valence electrons. The van der Waals surface area contributed by atoms with Gasteiger partial charge in [0.2, 0.25) is 6.79 Å². The van der Waals surface area contributed by atoms with Crippen LogP contribution in [0.3, 0.4) is 0 Å². The van der Waals surface area contributed by atoms with Crippen LogP contribution in [0.2, 0.25) is 0 Å². The molecule has 0 fully saturated rings. The zero-order valence-corrected chi connectivity index (χ0v) is 13.8. The molecule has 0 N–H and O–H groups in total. The van der Waals surface area contributed by atoms with E-state index in [1.54, 1.807) is 0 Å². The average Bonchev–Trinajstić information content (AvgIpc) is 3.12. The van der Waals surface area contributed by atoms with E-state index in [4.69, 9.17) is 18.9 Å². The van der Waals surface area contributed by atoms with Crippen LogP contribution < -0.4 is 18.9 Å². The Morgan fingerprint density at radius 2 is 1.52 bits per heavy atom. The van der Waals surface area contributed by atoms with Crippen LogP contribution in [0.15, 0.2) is 72.8 Å². The second-order valence-electron chi connectivity index (χ2n) is 5.73. The third-order valence-corrected chi connectivity index (χ3v) is 3.99. The lowest BCUT2D eigenvalue weighted by Gasteiger charge is -2.18. The Bertz CT molecular complexity index is 861. The van der Waals surface area contributed by atoms with Crippen LogP contribution in [0.5, 0.6) is 28.7 Å². The van der Waals surface area contributed by atoms with Crippen molar-refractivity contribution in [1.29, 1.82) is 0 Å². The highest BCUT2D eigenvalue weighted by Gasteiger charge is 2.17. The van der Waals surface area contributed by atoms with Gasteiger partial charge in [-0.2, -0.15) is 0 Å². The standard InChI is InChI=1S/C21H18O4/c1-15(16-11-12-18-21(13-16)23-14-22-18)24-19-9-5-6-10-20(19)25-17-7-3-2-4-8-17/h2-13,15H,14H2,1H3. The van der Waals surface area contributed by atoms with Gasteiger partial charge in [0.05, 0.1) is 0 Å². The SMILES string of the molecule is CC(Oc1ccccc1Oc1ccccc1)c1ccc2c(c1)OCO2. The van der Waals surface area contributed by atoms with Crippen molar-refractivity contribution in [2.24, 2.45) is 0 Å². The Balaban J connectivity index is 1.54. The Morgan fingerprint density at radius 3 is 2.36 bits per heavy atom. The molecule has 0 spiro atoms. The van der Waals surface area contributed by atoms with Gasteiger partial charge in [-0.25, -0.2) is 0 Å². The van der Waals surface area contributed by atoms with Crippen molar-refractivity contribution in [2.75, 3.05) is 6.79 Å². The first-order chi connectivity index (χ1) is 12.3. The number of para-hydroxylation sites is 3. The molecule has 4 nitrogen and oxygen atoms in total. The summed E-state index contributed by atoms with van der Waals surface area (Å²) in [6.07, 6.45) is -0.157. The van der Waals surface area contributed by atoms with Gasteiger partial charge in [-0.3, -0.25) is 0 Å². The zero-order valence-electron chi connectivity index (χ0n) is 13.8. The van der Waals surface area contributed by atoms with Crippen molar-refractivity contribution in [3.8, 4) is 28.7 Å². The molecular formula is C21H18O4. The maximum atomic E-state index is 6.14. The molecule has 4 heteroatoms. The average molecular weight is 334 g/mol. The lowest BCUT2D eigenvalue weighted by atomic mass is 10.1. The number of benzene rings is 3. The fraction of sp³-hybridized carbons (Fsp3) is 0.143. The zero-order chi connectivity index (χ0) is 17.1. The number of hydrogen-bond donors (Lipinski definition) is 0. The summed E-state index contributed by atoms with van der Waals surface area (Å²) >= 11 is 0. The summed E-state index contributed by atoms with van der Waals surface area (Å²) in [5, 5.41) is 0. The third-order valence-electron chi connectivity index (χ3n) is 3.99. The molecule has 3 aromatic rings. The summed E-state index contributed by atoms with van der Waals surface area (Å²) in [4.78, 5) is 0. The summed E-state index contributed by atoms with van der Waals surface area (Å²) < 4.78 is 22.9. The molecule has 0 saturated carbocycles. The molecule has 0 aromatic heterocycles. The summed E-state index contributed by atoms with van der Waals surface area (Å²) in [6.45, 7) is 2.26. The molecule has 1 aliphatic rings. The van der Waals surface area contributed by atoms with Crippen LogP contribution in [0, 0.1) is 0 Å². The van der Waals surface area contributed by atoms with E-state index in [9.17, 15) is 0 Å². The molecular weight excluding hydrogens is 316 g/mol. The first-order valence-electron chi connectivity index (χ1n) is 8.18. The minimum atomic E-state index is -0.157. The highest BCUT2D eigenvalue weighted by atomic mass is 16.7. The van der Waals surface area contributed by atoms with Gasteiger partial charge >= 0.3 is 0 Å². The van der Waals surface area contributed by atoms with Crippen LogP contribution in [0.1, 0.15) is 18.6 Å². The second kappa shape index (κ2) is 6.77.